The Morgan fingerprint density at radius 3 is 2.93 bits per heavy atom. The molecule has 0 fully saturated rings. The van der Waals surface area contributed by atoms with Gasteiger partial charge >= 0.3 is 0 Å². The van der Waals surface area contributed by atoms with Crippen molar-refractivity contribution in [2.75, 3.05) is 0 Å². The highest BCUT2D eigenvalue weighted by Gasteiger charge is 2.03. The van der Waals surface area contributed by atoms with Gasteiger partial charge in [-0.05, 0) is 17.5 Å². The summed E-state index contributed by atoms with van der Waals surface area (Å²) in [5.41, 5.74) is 2.99. The van der Waals surface area contributed by atoms with Crippen LogP contribution in [0.3, 0.4) is 0 Å². The van der Waals surface area contributed by atoms with Gasteiger partial charge in [0.15, 0.2) is 0 Å². The minimum absolute atomic E-state index is 0.821. The maximum Gasteiger partial charge on any atom is 0.0924 e. The van der Waals surface area contributed by atoms with Gasteiger partial charge in [0.05, 0.1) is 12.1 Å². The average Bonchev–Trinajstić information content (AvgIpc) is 2.86. The molecule has 0 saturated carbocycles. The lowest BCUT2D eigenvalue weighted by Crippen LogP contribution is -1.84. The number of hydrogen-bond acceptors (Lipinski definition) is 2. The normalized spacial score (nSPS) is 10.9. The largest absolute Gasteiger partial charge is 0.358 e. The Morgan fingerprint density at radius 2 is 2.13 bits per heavy atom. The number of fused-ring (bicyclic) bond motifs is 1. The number of rotatable bonds is 2. The molecule has 15 heavy (non-hydrogen) atoms. The molecule has 0 aliphatic carbocycles. The number of benzene rings is 1. The maximum absolute atomic E-state index is 3.90. The minimum atomic E-state index is 0.821. The van der Waals surface area contributed by atoms with E-state index < -0.39 is 0 Å². The van der Waals surface area contributed by atoms with Gasteiger partial charge in [-0.3, -0.25) is 5.10 Å². The third-order valence-corrected chi connectivity index (χ3v) is 2.29. The second-order valence-corrected chi connectivity index (χ2v) is 3.35. The average molecular weight is 197 g/mol. The fourth-order valence-electron chi connectivity index (χ4n) is 1.61. The van der Waals surface area contributed by atoms with E-state index in [4.69, 9.17) is 0 Å². The maximum atomic E-state index is 3.90. The van der Waals surface area contributed by atoms with Crippen molar-refractivity contribution in [3.8, 4) is 0 Å². The molecule has 0 aliphatic rings. The van der Waals surface area contributed by atoms with Crippen molar-refractivity contribution < 1.29 is 0 Å². The molecule has 2 aromatic heterocycles. The van der Waals surface area contributed by atoms with Gasteiger partial charge in [-0.15, -0.1) is 5.10 Å². The summed E-state index contributed by atoms with van der Waals surface area (Å²) in [7, 11) is 0. The summed E-state index contributed by atoms with van der Waals surface area (Å²) in [6.45, 7) is 0. The Kier molecular flexibility index (Phi) is 1.78. The third-order valence-electron chi connectivity index (χ3n) is 2.29. The van der Waals surface area contributed by atoms with Crippen LogP contribution in [0.5, 0.6) is 0 Å². The number of nitrogens with zero attached hydrogens (tertiary/aromatic N) is 2. The molecule has 2 heterocycles. The molecule has 4 nitrogen and oxygen atoms in total. The number of aromatic nitrogens is 4. The smallest absolute Gasteiger partial charge is 0.0924 e. The predicted octanol–water partition coefficient (Wildman–Crippen LogP) is 1.89. The van der Waals surface area contributed by atoms with Gasteiger partial charge < -0.3 is 4.98 Å². The van der Waals surface area contributed by atoms with Crippen molar-refractivity contribution in [3.05, 3.63) is 54.3 Å². The standard InChI is InChI=1S/C11H9N4/c1-2-4-11-8(3-1)5-9(13-11)6-10-7-12-15-14-10/h1-7,13H,(H,12,14,15). The molecule has 1 radical (unpaired) electrons. The van der Waals surface area contributed by atoms with Gasteiger partial charge in [-0.2, -0.15) is 0 Å². The number of aromatic amines is 2. The lowest BCUT2D eigenvalue weighted by molar-refractivity contribution is 0.930. The molecule has 3 aromatic rings. The van der Waals surface area contributed by atoms with Gasteiger partial charge in [0.2, 0.25) is 0 Å². The Balaban J connectivity index is 1.98. The molecule has 0 amide bonds. The van der Waals surface area contributed by atoms with Crippen LogP contribution in [0.25, 0.3) is 10.9 Å². The molecule has 3 rings (SSSR count). The zero-order valence-electron chi connectivity index (χ0n) is 7.94. The van der Waals surface area contributed by atoms with Crippen LogP contribution in [0.4, 0.5) is 0 Å². The molecule has 73 valence electrons. The van der Waals surface area contributed by atoms with Crippen LogP contribution >= 0.6 is 0 Å². The molecular formula is C11H9N4. The van der Waals surface area contributed by atoms with Gasteiger partial charge in [0.25, 0.3) is 0 Å². The van der Waals surface area contributed by atoms with E-state index in [9.17, 15) is 0 Å². The fourth-order valence-corrected chi connectivity index (χ4v) is 1.61. The van der Waals surface area contributed by atoms with E-state index in [-0.39, 0.29) is 0 Å². The Morgan fingerprint density at radius 1 is 1.20 bits per heavy atom. The predicted molar refractivity (Wildman–Crippen MR) is 57.2 cm³/mol. The monoisotopic (exact) mass is 197 g/mol. The SMILES string of the molecule is [CH](c1c[nH]nn1)c1cc2ccccc2[nH]1. The summed E-state index contributed by atoms with van der Waals surface area (Å²) in [5, 5.41) is 11.4. The third kappa shape index (κ3) is 1.50. The first-order valence-electron chi connectivity index (χ1n) is 4.71. The Hall–Kier alpha value is -2.10. The number of nitrogens with one attached hydrogen (secondary N) is 2. The van der Waals surface area contributed by atoms with Crippen LogP contribution in [0.2, 0.25) is 0 Å². The highest BCUT2D eigenvalue weighted by molar-refractivity contribution is 5.80. The van der Waals surface area contributed by atoms with Crippen molar-refractivity contribution in [1.29, 1.82) is 0 Å². The molecule has 0 bridgehead atoms. The fraction of sp³-hybridized carbons (Fsp3) is 0. The highest BCUT2D eigenvalue weighted by Crippen LogP contribution is 2.17. The second-order valence-electron chi connectivity index (χ2n) is 3.35. The van der Waals surface area contributed by atoms with Crippen LogP contribution in [-0.4, -0.2) is 20.4 Å². The van der Waals surface area contributed by atoms with E-state index in [0.29, 0.717) is 0 Å². The molecular weight excluding hydrogens is 188 g/mol. The van der Waals surface area contributed by atoms with Crippen molar-refractivity contribution in [2.24, 2.45) is 0 Å². The number of para-hydroxylation sites is 1. The van der Waals surface area contributed by atoms with E-state index in [0.717, 1.165) is 16.9 Å². The zero-order chi connectivity index (χ0) is 10.1. The summed E-state index contributed by atoms with van der Waals surface area (Å²) in [4.78, 5) is 3.30. The van der Waals surface area contributed by atoms with Gasteiger partial charge in [0, 0.05) is 17.4 Å². The van der Waals surface area contributed by atoms with E-state index in [1.54, 1.807) is 6.20 Å². The van der Waals surface area contributed by atoms with Crippen LogP contribution in [0, 0.1) is 6.42 Å². The van der Waals surface area contributed by atoms with Crippen molar-refractivity contribution in [2.45, 2.75) is 0 Å². The summed E-state index contributed by atoms with van der Waals surface area (Å²) in [6.07, 6.45) is 3.70. The van der Waals surface area contributed by atoms with Crippen LogP contribution in [-0.2, 0) is 0 Å². The molecule has 1 aromatic carbocycles. The lowest BCUT2D eigenvalue weighted by Gasteiger charge is -1.89. The summed E-state index contributed by atoms with van der Waals surface area (Å²) in [6, 6.07) is 10.3. The first-order chi connectivity index (χ1) is 7.42. The van der Waals surface area contributed by atoms with Crippen LogP contribution < -0.4 is 0 Å². The molecule has 4 heteroatoms. The van der Waals surface area contributed by atoms with Crippen molar-refractivity contribution in [1.82, 2.24) is 20.4 Å². The molecule has 0 saturated heterocycles. The zero-order valence-corrected chi connectivity index (χ0v) is 7.94. The number of hydrogen-bond donors (Lipinski definition) is 2. The van der Waals surface area contributed by atoms with Crippen LogP contribution in [0.15, 0.2) is 36.5 Å². The van der Waals surface area contributed by atoms with E-state index in [1.807, 2.05) is 18.6 Å². The quantitative estimate of drug-likeness (QED) is 0.659. The second kappa shape index (κ2) is 3.24. The van der Waals surface area contributed by atoms with Crippen molar-refractivity contribution >= 4 is 10.9 Å². The van der Waals surface area contributed by atoms with Gasteiger partial charge in [-0.1, -0.05) is 23.4 Å². The highest BCUT2D eigenvalue weighted by atomic mass is 15.3. The first kappa shape index (κ1) is 8.23. The van der Waals surface area contributed by atoms with E-state index >= 15 is 0 Å². The lowest BCUT2D eigenvalue weighted by atomic mass is 10.2. The molecule has 0 aliphatic heterocycles. The van der Waals surface area contributed by atoms with Crippen molar-refractivity contribution in [3.63, 3.8) is 0 Å². The van der Waals surface area contributed by atoms with Crippen LogP contribution in [0.1, 0.15) is 11.4 Å². The van der Waals surface area contributed by atoms with Gasteiger partial charge in [-0.25, -0.2) is 0 Å². The van der Waals surface area contributed by atoms with E-state index in [1.165, 1.54) is 5.39 Å². The topological polar surface area (TPSA) is 57.4 Å². The summed E-state index contributed by atoms with van der Waals surface area (Å²) in [5.74, 6) is 0. The molecule has 0 spiro atoms. The molecule has 2 N–H and O–H groups in total. The van der Waals surface area contributed by atoms with E-state index in [2.05, 4.69) is 38.6 Å². The minimum Gasteiger partial charge on any atom is -0.358 e. The molecule has 0 unspecified atom stereocenters. The summed E-state index contributed by atoms with van der Waals surface area (Å²) >= 11 is 0. The number of H-pyrrole nitrogens is 2. The first-order valence-corrected chi connectivity index (χ1v) is 4.71. The van der Waals surface area contributed by atoms with Gasteiger partial charge in [0.1, 0.15) is 0 Å². The molecule has 0 atom stereocenters. The Bertz CT molecular complexity index is 532. The Labute approximate surface area is 86.3 Å². The summed E-state index contributed by atoms with van der Waals surface area (Å²) < 4.78 is 0.